The standard InChI is InChI=1S/C9H12N2O/c1-3-4-7-11(2)8-9-5-6-10-12-9/h5-6H,7-8H2,1-2H3. The zero-order chi connectivity index (χ0) is 8.81. The van der Waals surface area contributed by atoms with E-state index in [0.717, 1.165) is 18.8 Å². The summed E-state index contributed by atoms with van der Waals surface area (Å²) in [4.78, 5) is 2.07. The summed E-state index contributed by atoms with van der Waals surface area (Å²) in [7, 11) is 1.99. The van der Waals surface area contributed by atoms with Crippen molar-refractivity contribution < 1.29 is 4.52 Å². The minimum absolute atomic E-state index is 0.759. The lowest BCUT2D eigenvalue weighted by atomic mass is 10.4. The average Bonchev–Trinajstić information content (AvgIpc) is 2.53. The number of nitrogens with zero attached hydrogens (tertiary/aromatic N) is 2. The molecule has 0 unspecified atom stereocenters. The Morgan fingerprint density at radius 2 is 2.50 bits per heavy atom. The van der Waals surface area contributed by atoms with Gasteiger partial charge in [-0.1, -0.05) is 11.1 Å². The molecule has 0 atom stereocenters. The molecule has 0 N–H and O–H groups in total. The van der Waals surface area contributed by atoms with E-state index < -0.39 is 0 Å². The van der Waals surface area contributed by atoms with Crippen LogP contribution in [0.25, 0.3) is 0 Å². The third-order valence-electron chi connectivity index (χ3n) is 1.44. The number of hydrogen-bond donors (Lipinski definition) is 0. The van der Waals surface area contributed by atoms with Gasteiger partial charge in [0.1, 0.15) is 0 Å². The van der Waals surface area contributed by atoms with Gasteiger partial charge >= 0.3 is 0 Å². The van der Waals surface area contributed by atoms with Gasteiger partial charge in [0.2, 0.25) is 0 Å². The van der Waals surface area contributed by atoms with Gasteiger partial charge in [-0.05, 0) is 14.0 Å². The summed E-state index contributed by atoms with van der Waals surface area (Å²) in [6, 6.07) is 1.86. The smallest absolute Gasteiger partial charge is 0.150 e. The molecule has 0 aliphatic rings. The molecule has 1 aromatic heterocycles. The van der Waals surface area contributed by atoms with Crippen molar-refractivity contribution in [2.24, 2.45) is 0 Å². The molecule has 0 fully saturated rings. The fraction of sp³-hybridized carbons (Fsp3) is 0.444. The molecule has 0 amide bonds. The summed E-state index contributed by atoms with van der Waals surface area (Å²) in [5.74, 6) is 6.69. The SMILES string of the molecule is CC#CCN(C)Cc1ccno1. The molecule has 0 aliphatic heterocycles. The molecule has 0 aliphatic carbocycles. The largest absolute Gasteiger partial charge is 0.360 e. The van der Waals surface area contributed by atoms with E-state index in [2.05, 4.69) is 21.9 Å². The van der Waals surface area contributed by atoms with Crippen molar-refractivity contribution in [2.45, 2.75) is 13.5 Å². The molecular formula is C9H12N2O. The maximum atomic E-state index is 4.94. The molecule has 0 spiro atoms. The summed E-state index contributed by atoms with van der Waals surface area (Å²) in [6.45, 7) is 3.36. The van der Waals surface area contributed by atoms with Crippen LogP contribution >= 0.6 is 0 Å². The van der Waals surface area contributed by atoms with E-state index in [0.29, 0.717) is 0 Å². The Hall–Kier alpha value is -1.27. The fourth-order valence-corrected chi connectivity index (χ4v) is 0.860. The van der Waals surface area contributed by atoms with Crippen molar-refractivity contribution in [1.29, 1.82) is 0 Å². The third-order valence-corrected chi connectivity index (χ3v) is 1.44. The predicted octanol–water partition coefficient (Wildman–Crippen LogP) is 1.13. The van der Waals surface area contributed by atoms with Gasteiger partial charge in [0.15, 0.2) is 5.76 Å². The average molecular weight is 164 g/mol. The van der Waals surface area contributed by atoms with E-state index >= 15 is 0 Å². The van der Waals surface area contributed by atoms with Crippen LogP contribution in [0.5, 0.6) is 0 Å². The second-order valence-corrected chi connectivity index (χ2v) is 2.58. The lowest BCUT2D eigenvalue weighted by Gasteiger charge is -2.09. The van der Waals surface area contributed by atoms with E-state index in [9.17, 15) is 0 Å². The second-order valence-electron chi connectivity index (χ2n) is 2.58. The monoisotopic (exact) mass is 164 g/mol. The second kappa shape index (κ2) is 4.58. The van der Waals surface area contributed by atoms with Crippen LogP contribution in [-0.2, 0) is 6.54 Å². The highest BCUT2D eigenvalue weighted by Crippen LogP contribution is 1.99. The van der Waals surface area contributed by atoms with Gasteiger partial charge in [-0.3, -0.25) is 4.90 Å². The molecule has 64 valence electrons. The van der Waals surface area contributed by atoms with Crippen molar-refractivity contribution >= 4 is 0 Å². The van der Waals surface area contributed by atoms with Crippen molar-refractivity contribution in [2.75, 3.05) is 13.6 Å². The van der Waals surface area contributed by atoms with Gasteiger partial charge in [-0.2, -0.15) is 0 Å². The first-order valence-electron chi connectivity index (χ1n) is 3.80. The summed E-state index contributed by atoms with van der Waals surface area (Å²) < 4.78 is 4.94. The van der Waals surface area contributed by atoms with Crippen LogP contribution in [0.15, 0.2) is 16.8 Å². The Morgan fingerprint density at radius 3 is 3.08 bits per heavy atom. The van der Waals surface area contributed by atoms with Crippen LogP contribution in [-0.4, -0.2) is 23.6 Å². The van der Waals surface area contributed by atoms with Gasteiger partial charge in [0.05, 0.1) is 19.3 Å². The van der Waals surface area contributed by atoms with Crippen molar-refractivity contribution in [3.05, 3.63) is 18.0 Å². The normalized spacial score (nSPS) is 9.58. The Morgan fingerprint density at radius 1 is 1.67 bits per heavy atom. The summed E-state index contributed by atoms with van der Waals surface area (Å²) >= 11 is 0. The zero-order valence-electron chi connectivity index (χ0n) is 7.37. The van der Waals surface area contributed by atoms with Crippen LogP contribution in [0.4, 0.5) is 0 Å². The van der Waals surface area contributed by atoms with Gasteiger partial charge in [0, 0.05) is 6.07 Å². The lowest BCUT2D eigenvalue weighted by Crippen LogP contribution is -2.17. The van der Waals surface area contributed by atoms with Crippen LogP contribution < -0.4 is 0 Å². The molecule has 1 rings (SSSR count). The van der Waals surface area contributed by atoms with E-state index in [4.69, 9.17) is 4.52 Å². The molecule has 12 heavy (non-hydrogen) atoms. The van der Waals surface area contributed by atoms with Crippen LogP contribution in [0.3, 0.4) is 0 Å². The zero-order valence-corrected chi connectivity index (χ0v) is 7.37. The summed E-state index contributed by atoms with van der Waals surface area (Å²) in [5, 5.41) is 3.62. The summed E-state index contributed by atoms with van der Waals surface area (Å²) in [6.07, 6.45) is 1.65. The predicted molar refractivity (Wildman–Crippen MR) is 46.3 cm³/mol. The van der Waals surface area contributed by atoms with Gasteiger partial charge < -0.3 is 4.52 Å². The Bertz CT molecular complexity index is 268. The highest BCUT2D eigenvalue weighted by Gasteiger charge is 2.00. The van der Waals surface area contributed by atoms with Crippen molar-refractivity contribution in [3.63, 3.8) is 0 Å². The van der Waals surface area contributed by atoms with E-state index in [1.165, 1.54) is 0 Å². The quantitative estimate of drug-likeness (QED) is 0.627. The van der Waals surface area contributed by atoms with E-state index in [1.54, 1.807) is 6.20 Å². The topological polar surface area (TPSA) is 29.3 Å². The maximum Gasteiger partial charge on any atom is 0.150 e. The molecule has 0 saturated carbocycles. The molecule has 0 radical (unpaired) electrons. The number of rotatable bonds is 3. The number of hydrogen-bond acceptors (Lipinski definition) is 3. The highest BCUT2D eigenvalue weighted by molar-refractivity contribution is 4.99. The molecule has 1 heterocycles. The van der Waals surface area contributed by atoms with Crippen LogP contribution in [0.1, 0.15) is 12.7 Å². The van der Waals surface area contributed by atoms with Gasteiger partial charge in [0.25, 0.3) is 0 Å². The summed E-state index contributed by atoms with van der Waals surface area (Å²) in [5.41, 5.74) is 0. The Labute approximate surface area is 72.3 Å². The van der Waals surface area contributed by atoms with Crippen molar-refractivity contribution in [3.8, 4) is 11.8 Å². The molecule has 0 saturated heterocycles. The molecule has 0 aromatic carbocycles. The Balaban J connectivity index is 2.35. The fourth-order valence-electron chi connectivity index (χ4n) is 0.860. The van der Waals surface area contributed by atoms with E-state index in [1.807, 2.05) is 20.0 Å². The lowest BCUT2D eigenvalue weighted by molar-refractivity contribution is 0.294. The molecule has 1 aromatic rings. The number of aromatic nitrogens is 1. The van der Waals surface area contributed by atoms with Crippen molar-refractivity contribution in [1.82, 2.24) is 10.1 Å². The minimum atomic E-state index is 0.759. The molecule has 3 nitrogen and oxygen atoms in total. The molecule has 0 bridgehead atoms. The third kappa shape index (κ3) is 2.77. The maximum absolute atomic E-state index is 4.94. The highest BCUT2D eigenvalue weighted by atomic mass is 16.5. The molecule has 3 heteroatoms. The first-order valence-corrected chi connectivity index (χ1v) is 3.80. The van der Waals surface area contributed by atoms with Crippen LogP contribution in [0.2, 0.25) is 0 Å². The van der Waals surface area contributed by atoms with Gasteiger partial charge in [-0.15, -0.1) is 5.92 Å². The van der Waals surface area contributed by atoms with Gasteiger partial charge in [-0.25, -0.2) is 0 Å². The molecular weight excluding hydrogens is 152 g/mol. The first kappa shape index (κ1) is 8.82. The first-order chi connectivity index (χ1) is 5.83. The minimum Gasteiger partial charge on any atom is -0.360 e. The van der Waals surface area contributed by atoms with Crippen LogP contribution in [0, 0.1) is 11.8 Å². The Kier molecular flexibility index (Phi) is 3.36. The van der Waals surface area contributed by atoms with E-state index in [-0.39, 0.29) is 0 Å².